The van der Waals surface area contributed by atoms with E-state index < -0.39 is 0 Å². The van der Waals surface area contributed by atoms with E-state index in [0.29, 0.717) is 11.3 Å². The van der Waals surface area contributed by atoms with Gasteiger partial charge in [-0.3, -0.25) is 9.78 Å². The third-order valence-corrected chi connectivity index (χ3v) is 3.41. The lowest BCUT2D eigenvalue weighted by molar-refractivity contribution is 0.0936. The smallest absolute Gasteiger partial charge is 0.255 e. The van der Waals surface area contributed by atoms with Gasteiger partial charge in [-0.1, -0.05) is 17.7 Å². The molecular formula is C17H20N2O2. The fourth-order valence-corrected chi connectivity index (χ4v) is 2.29. The van der Waals surface area contributed by atoms with Gasteiger partial charge < -0.3 is 10.1 Å². The average Bonchev–Trinajstić information content (AvgIpc) is 2.47. The molecule has 1 amide bonds. The van der Waals surface area contributed by atoms with Crippen LogP contribution >= 0.6 is 0 Å². The minimum Gasteiger partial charge on any atom is -0.496 e. The zero-order chi connectivity index (χ0) is 15.4. The number of ether oxygens (including phenoxy) is 1. The quantitative estimate of drug-likeness (QED) is 0.938. The zero-order valence-electron chi connectivity index (χ0n) is 12.8. The lowest BCUT2D eigenvalue weighted by atomic mass is 10.1. The van der Waals surface area contributed by atoms with Crippen molar-refractivity contribution in [2.24, 2.45) is 0 Å². The first-order valence-electron chi connectivity index (χ1n) is 6.90. The summed E-state index contributed by atoms with van der Waals surface area (Å²) in [4.78, 5) is 16.8. The topological polar surface area (TPSA) is 51.2 Å². The van der Waals surface area contributed by atoms with Crippen LogP contribution in [-0.4, -0.2) is 18.0 Å². The molecule has 0 aliphatic heterocycles. The summed E-state index contributed by atoms with van der Waals surface area (Å²) in [7, 11) is 1.56. The lowest BCUT2D eigenvalue weighted by Gasteiger charge is -2.16. The highest BCUT2D eigenvalue weighted by Crippen LogP contribution is 2.21. The molecular weight excluding hydrogens is 264 g/mol. The predicted molar refractivity (Wildman–Crippen MR) is 82.6 cm³/mol. The molecule has 4 nitrogen and oxygen atoms in total. The Kier molecular flexibility index (Phi) is 4.58. The van der Waals surface area contributed by atoms with Crippen LogP contribution in [0.1, 0.15) is 40.1 Å². The molecule has 1 unspecified atom stereocenters. The second-order valence-corrected chi connectivity index (χ2v) is 5.10. The summed E-state index contributed by atoms with van der Waals surface area (Å²) in [6, 6.07) is 9.26. The Hall–Kier alpha value is -2.36. The molecule has 0 spiro atoms. The van der Waals surface area contributed by atoms with Gasteiger partial charge in [-0.2, -0.15) is 0 Å². The van der Waals surface area contributed by atoms with Gasteiger partial charge in [-0.25, -0.2) is 0 Å². The molecule has 0 fully saturated rings. The lowest BCUT2D eigenvalue weighted by Crippen LogP contribution is -2.28. The van der Waals surface area contributed by atoms with E-state index in [9.17, 15) is 4.79 Å². The average molecular weight is 284 g/mol. The fraction of sp³-hybridized carbons (Fsp3) is 0.294. The number of nitrogens with zero attached hydrogens (tertiary/aromatic N) is 1. The number of hydrogen-bond acceptors (Lipinski definition) is 3. The van der Waals surface area contributed by atoms with Crippen molar-refractivity contribution in [3.63, 3.8) is 0 Å². The van der Waals surface area contributed by atoms with Crippen molar-refractivity contribution in [2.75, 3.05) is 7.11 Å². The normalized spacial score (nSPS) is 11.8. The minimum atomic E-state index is -0.163. The standard InChI is InChI=1S/C17H20N2O2/c1-11-7-8-15(21-4)14(10-11)17(20)19-13(3)16-12(2)6-5-9-18-16/h5-10,13H,1-4H3,(H,19,20). The summed E-state index contributed by atoms with van der Waals surface area (Å²) in [5.74, 6) is 0.413. The number of aryl methyl sites for hydroxylation is 2. The van der Waals surface area contributed by atoms with Crippen LogP contribution < -0.4 is 10.1 Å². The van der Waals surface area contributed by atoms with Crippen molar-refractivity contribution in [1.82, 2.24) is 10.3 Å². The number of hydrogen-bond donors (Lipinski definition) is 1. The van der Waals surface area contributed by atoms with Crippen molar-refractivity contribution >= 4 is 5.91 Å². The van der Waals surface area contributed by atoms with Crippen molar-refractivity contribution in [1.29, 1.82) is 0 Å². The maximum absolute atomic E-state index is 12.5. The molecule has 21 heavy (non-hydrogen) atoms. The molecule has 0 aliphatic carbocycles. The van der Waals surface area contributed by atoms with Gasteiger partial charge in [-0.15, -0.1) is 0 Å². The maximum atomic E-state index is 12.5. The third kappa shape index (κ3) is 3.40. The van der Waals surface area contributed by atoms with Crippen LogP contribution in [0.2, 0.25) is 0 Å². The highest BCUT2D eigenvalue weighted by atomic mass is 16.5. The molecule has 0 bridgehead atoms. The number of amides is 1. The van der Waals surface area contributed by atoms with Gasteiger partial charge in [0.2, 0.25) is 0 Å². The van der Waals surface area contributed by atoms with E-state index in [0.717, 1.165) is 16.8 Å². The van der Waals surface area contributed by atoms with Crippen molar-refractivity contribution in [3.05, 3.63) is 58.9 Å². The summed E-state index contributed by atoms with van der Waals surface area (Å²) in [5.41, 5.74) is 3.49. The van der Waals surface area contributed by atoms with E-state index >= 15 is 0 Å². The first kappa shape index (κ1) is 15.0. The molecule has 1 atom stereocenters. The molecule has 2 rings (SSSR count). The number of rotatable bonds is 4. The molecule has 1 aromatic heterocycles. The molecule has 0 saturated carbocycles. The SMILES string of the molecule is COc1ccc(C)cc1C(=O)NC(C)c1ncccc1C. The number of carbonyl (C=O) groups excluding carboxylic acids is 1. The Bertz CT molecular complexity index is 653. The van der Waals surface area contributed by atoms with Gasteiger partial charge in [0.15, 0.2) is 0 Å². The van der Waals surface area contributed by atoms with Gasteiger partial charge in [0.05, 0.1) is 24.4 Å². The highest BCUT2D eigenvalue weighted by Gasteiger charge is 2.17. The Labute approximate surface area is 125 Å². The molecule has 1 heterocycles. The summed E-state index contributed by atoms with van der Waals surface area (Å²) < 4.78 is 5.26. The van der Waals surface area contributed by atoms with E-state index in [1.54, 1.807) is 19.4 Å². The number of methoxy groups -OCH3 is 1. The summed E-state index contributed by atoms with van der Waals surface area (Å²) >= 11 is 0. The van der Waals surface area contributed by atoms with E-state index in [2.05, 4.69) is 10.3 Å². The van der Waals surface area contributed by atoms with Gasteiger partial charge in [0.25, 0.3) is 5.91 Å². The van der Waals surface area contributed by atoms with Crippen LogP contribution in [0.3, 0.4) is 0 Å². The Morgan fingerprint density at radius 3 is 2.71 bits per heavy atom. The molecule has 1 aromatic carbocycles. The Balaban J connectivity index is 2.22. The first-order valence-corrected chi connectivity index (χ1v) is 6.90. The van der Waals surface area contributed by atoms with E-state index in [4.69, 9.17) is 4.74 Å². The molecule has 0 saturated heterocycles. The number of benzene rings is 1. The van der Waals surface area contributed by atoms with Crippen LogP contribution in [0.5, 0.6) is 5.75 Å². The molecule has 4 heteroatoms. The van der Waals surface area contributed by atoms with Crippen LogP contribution in [0.4, 0.5) is 0 Å². The van der Waals surface area contributed by atoms with Gasteiger partial charge in [0.1, 0.15) is 5.75 Å². The van der Waals surface area contributed by atoms with Crippen LogP contribution in [0.15, 0.2) is 36.5 Å². The van der Waals surface area contributed by atoms with Crippen molar-refractivity contribution in [2.45, 2.75) is 26.8 Å². The number of pyridine rings is 1. The molecule has 1 N–H and O–H groups in total. The summed E-state index contributed by atoms with van der Waals surface area (Å²) in [6.45, 7) is 5.86. The largest absolute Gasteiger partial charge is 0.496 e. The minimum absolute atomic E-state index is 0.159. The van der Waals surface area contributed by atoms with Gasteiger partial charge in [-0.05, 0) is 44.5 Å². The van der Waals surface area contributed by atoms with Crippen molar-refractivity contribution in [3.8, 4) is 5.75 Å². The fourth-order valence-electron chi connectivity index (χ4n) is 2.29. The molecule has 110 valence electrons. The predicted octanol–water partition coefficient (Wildman–Crippen LogP) is 3.20. The van der Waals surface area contributed by atoms with E-state index in [1.807, 2.05) is 45.0 Å². The number of nitrogens with one attached hydrogen (secondary N) is 1. The Morgan fingerprint density at radius 1 is 1.29 bits per heavy atom. The Morgan fingerprint density at radius 2 is 2.05 bits per heavy atom. The third-order valence-electron chi connectivity index (χ3n) is 3.41. The van der Waals surface area contributed by atoms with Crippen LogP contribution in [0.25, 0.3) is 0 Å². The van der Waals surface area contributed by atoms with Gasteiger partial charge in [0, 0.05) is 6.20 Å². The van der Waals surface area contributed by atoms with Gasteiger partial charge >= 0.3 is 0 Å². The van der Waals surface area contributed by atoms with Crippen LogP contribution in [-0.2, 0) is 0 Å². The van der Waals surface area contributed by atoms with E-state index in [1.165, 1.54) is 0 Å². The second-order valence-electron chi connectivity index (χ2n) is 5.10. The summed E-state index contributed by atoms with van der Waals surface area (Å²) in [5, 5.41) is 2.97. The summed E-state index contributed by atoms with van der Waals surface area (Å²) in [6.07, 6.45) is 1.73. The highest BCUT2D eigenvalue weighted by molar-refractivity contribution is 5.97. The number of carbonyl (C=O) groups is 1. The number of aromatic nitrogens is 1. The second kappa shape index (κ2) is 6.39. The molecule has 0 aliphatic rings. The monoisotopic (exact) mass is 284 g/mol. The zero-order valence-corrected chi connectivity index (χ0v) is 12.8. The van der Waals surface area contributed by atoms with E-state index in [-0.39, 0.29) is 11.9 Å². The molecule has 2 aromatic rings. The first-order chi connectivity index (χ1) is 10.0. The maximum Gasteiger partial charge on any atom is 0.255 e. The van der Waals surface area contributed by atoms with Crippen molar-refractivity contribution < 1.29 is 9.53 Å². The molecule has 0 radical (unpaired) electrons. The van der Waals surface area contributed by atoms with Crippen LogP contribution in [0, 0.1) is 13.8 Å².